The van der Waals surface area contributed by atoms with Crippen molar-refractivity contribution in [1.29, 1.82) is 0 Å². The highest BCUT2D eigenvalue weighted by Crippen LogP contribution is 2.26. The van der Waals surface area contributed by atoms with Crippen molar-refractivity contribution in [1.82, 2.24) is 0 Å². The fourth-order valence-electron chi connectivity index (χ4n) is 2.42. The Kier molecular flexibility index (Phi) is 6.35. The summed E-state index contributed by atoms with van der Waals surface area (Å²) in [5.41, 5.74) is 0.801. The number of benzene rings is 2. The number of hydrogen-bond donors (Lipinski definition) is 0. The van der Waals surface area contributed by atoms with Crippen LogP contribution in [0.5, 0.6) is 5.75 Å². The smallest absolute Gasteiger partial charge is 0.350 e. The summed E-state index contributed by atoms with van der Waals surface area (Å²) in [4.78, 5) is 12.5. The molecular formula is C22H27ClO3. The molecule has 2 aromatic rings. The molecule has 0 N–H and O–H groups in total. The van der Waals surface area contributed by atoms with E-state index >= 15 is 0 Å². The predicted octanol–water partition coefficient (Wildman–Crippen LogP) is 5.82. The standard InChI is InChI=1S/C22H27ClO3/c1-6-22(5,20(24)26-21(2,3)4)25-19-13-9-17(10-14-19)15-16-7-11-18(23)12-8-16/h7-14H,6,15H2,1-5H3. The second kappa shape index (κ2) is 8.13. The van der Waals surface area contributed by atoms with Crippen LogP contribution in [0.2, 0.25) is 5.02 Å². The first kappa shape index (κ1) is 20.3. The van der Waals surface area contributed by atoms with E-state index in [2.05, 4.69) is 0 Å². The Hall–Kier alpha value is -2.00. The lowest BCUT2D eigenvalue weighted by Crippen LogP contribution is -2.45. The molecule has 0 amide bonds. The zero-order valence-electron chi connectivity index (χ0n) is 16.1. The Labute approximate surface area is 161 Å². The highest BCUT2D eigenvalue weighted by Gasteiger charge is 2.37. The quantitative estimate of drug-likeness (QED) is 0.597. The van der Waals surface area contributed by atoms with Gasteiger partial charge in [-0.1, -0.05) is 42.8 Å². The molecule has 0 saturated carbocycles. The van der Waals surface area contributed by atoms with Gasteiger partial charge < -0.3 is 9.47 Å². The molecule has 0 aliphatic rings. The fourth-order valence-corrected chi connectivity index (χ4v) is 2.54. The molecule has 0 spiro atoms. The maximum atomic E-state index is 12.5. The zero-order valence-corrected chi connectivity index (χ0v) is 16.9. The minimum Gasteiger partial charge on any atom is -0.476 e. The van der Waals surface area contributed by atoms with Crippen LogP contribution in [-0.2, 0) is 16.0 Å². The van der Waals surface area contributed by atoms with E-state index in [9.17, 15) is 4.79 Å². The summed E-state index contributed by atoms with van der Waals surface area (Å²) in [6.07, 6.45) is 1.34. The molecular weight excluding hydrogens is 348 g/mol. The van der Waals surface area contributed by atoms with Crippen molar-refractivity contribution >= 4 is 17.6 Å². The minimum absolute atomic E-state index is 0.349. The molecule has 3 nitrogen and oxygen atoms in total. The summed E-state index contributed by atoms with van der Waals surface area (Å²) in [7, 11) is 0. The van der Waals surface area contributed by atoms with Crippen LogP contribution < -0.4 is 4.74 Å². The molecule has 0 fully saturated rings. The average molecular weight is 375 g/mol. The second-order valence-electron chi connectivity index (χ2n) is 7.64. The number of esters is 1. The van der Waals surface area contributed by atoms with Gasteiger partial charge in [0.25, 0.3) is 0 Å². The molecule has 0 radical (unpaired) electrons. The molecule has 1 unspecified atom stereocenters. The molecule has 1 atom stereocenters. The third-order valence-corrected chi connectivity index (χ3v) is 4.35. The van der Waals surface area contributed by atoms with Crippen LogP contribution in [0, 0.1) is 0 Å². The second-order valence-corrected chi connectivity index (χ2v) is 8.07. The van der Waals surface area contributed by atoms with Crippen molar-refractivity contribution in [2.75, 3.05) is 0 Å². The van der Waals surface area contributed by atoms with Crippen molar-refractivity contribution in [3.8, 4) is 5.75 Å². The first-order valence-electron chi connectivity index (χ1n) is 8.87. The zero-order chi connectivity index (χ0) is 19.4. The number of halogens is 1. The van der Waals surface area contributed by atoms with Gasteiger partial charge in [0, 0.05) is 5.02 Å². The van der Waals surface area contributed by atoms with Gasteiger partial charge in [-0.05, 0) is 75.9 Å². The van der Waals surface area contributed by atoms with Gasteiger partial charge in [-0.25, -0.2) is 4.79 Å². The summed E-state index contributed by atoms with van der Waals surface area (Å²) in [6, 6.07) is 15.6. The van der Waals surface area contributed by atoms with Gasteiger partial charge in [-0.3, -0.25) is 0 Å². The van der Waals surface area contributed by atoms with E-state index in [1.165, 1.54) is 5.56 Å². The SMILES string of the molecule is CCC(C)(Oc1ccc(Cc2ccc(Cl)cc2)cc1)C(=O)OC(C)(C)C. The Bertz CT molecular complexity index is 729. The Morgan fingerprint density at radius 3 is 1.88 bits per heavy atom. The molecule has 0 aliphatic carbocycles. The van der Waals surface area contributed by atoms with Gasteiger partial charge in [-0.15, -0.1) is 0 Å². The van der Waals surface area contributed by atoms with Crippen molar-refractivity contribution in [2.45, 2.75) is 58.7 Å². The van der Waals surface area contributed by atoms with E-state index in [1.807, 2.05) is 76.2 Å². The van der Waals surface area contributed by atoms with Crippen molar-refractivity contribution < 1.29 is 14.3 Å². The van der Waals surface area contributed by atoms with Gasteiger partial charge in [0.1, 0.15) is 11.4 Å². The third kappa shape index (κ3) is 5.77. The van der Waals surface area contributed by atoms with E-state index in [4.69, 9.17) is 21.1 Å². The number of hydrogen-bond acceptors (Lipinski definition) is 3. The molecule has 0 saturated heterocycles. The van der Waals surface area contributed by atoms with Gasteiger partial charge in [0.05, 0.1) is 0 Å². The lowest BCUT2D eigenvalue weighted by atomic mass is 10.0. The summed E-state index contributed by atoms with van der Waals surface area (Å²) < 4.78 is 11.5. The van der Waals surface area contributed by atoms with E-state index in [-0.39, 0.29) is 5.97 Å². The molecule has 26 heavy (non-hydrogen) atoms. The lowest BCUT2D eigenvalue weighted by molar-refractivity contribution is -0.172. The van der Waals surface area contributed by atoms with Gasteiger partial charge >= 0.3 is 5.97 Å². The largest absolute Gasteiger partial charge is 0.476 e. The topological polar surface area (TPSA) is 35.5 Å². The van der Waals surface area contributed by atoms with Crippen LogP contribution in [0.25, 0.3) is 0 Å². The predicted molar refractivity (Wildman–Crippen MR) is 106 cm³/mol. The van der Waals surface area contributed by atoms with Crippen molar-refractivity contribution in [3.63, 3.8) is 0 Å². The van der Waals surface area contributed by atoms with Crippen LogP contribution in [0.15, 0.2) is 48.5 Å². The molecule has 4 heteroatoms. The van der Waals surface area contributed by atoms with Crippen LogP contribution >= 0.6 is 11.6 Å². The van der Waals surface area contributed by atoms with Crippen LogP contribution in [0.3, 0.4) is 0 Å². The highest BCUT2D eigenvalue weighted by atomic mass is 35.5. The number of carbonyl (C=O) groups is 1. The number of carbonyl (C=O) groups excluding carboxylic acids is 1. The first-order valence-corrected chi connectivity index (χ1v) is 9.25. The highest BCUT2D eigenvalue weighted by molar-refractivity contribution is 6.30. The number of ether oxygens (including phenoxy) is 2. The minimum atomic E-state index is -1.01. The molecule has 140 valence electrons. The van der Waals surface area contributed by atoms with E-state index < -0.39 is 11.2 Å². The van der Waals surface area contributed by atoms with Crippen molar-refractivity contribution in [2.24, 2.45) is 0 Å². The van der Waals surface area contributed by atoms with Crippen LogP contribution in [0.1, 0.15) is 52.2 Å². The maximum absolute atomic E-state index is 12.5. The monoisotopic (exact) mass is 374 g/mol. The molecule has 0 aliphatic heterocycles. The van der Waals surface area contributed by atoms with Crippen LogP contribution in [0.4, 0.5) is 0 Å². The summed E-state index contributed by atoms with van der Waals surface area (Å²) in [6.45, 7) is 9.24. The number of rotatable bonds is 6. The van der Waals surface area contributed by atoms with Gasteiger partial charge in [-0.2, -0.15) is 0 Å². The van der Waals surface area contributed by atoms with E-state index in [0.29, 0.717) is 12.2 Å². The Morgan fingerprint density at radius 2 is 1.42 bits per heavy atom. The van der Waals surface area contributed by atoms with Crippen LogP contribution in [-0.4, -0.2) is 17.2 Å². The van der Waals surface area contributed by atoms with E-state index in [1.54, 1.807) is 6.92 Å². The fraction of sp³-hybridized carbons (Fsp3) is 0.409. The molecule has 2 aromatic carbocycles. The molecule has 0 aromatic heterocycles. The third-order valence-electron chi connectivity index (χ3n) is 4.09. The average Bonchev–Trinajstić information content (AvgIpc) is 2.57. The van der Waals surface area contributed by atoms with Crippen molar-refractivity contribution in [3.05, 3.63) is 64.7 Å². The maximum Gasteiger partial charge on any atom is 0.350 e. The van der Waals surface area contributed by atoms with Gasteiger partial charge in [0.2, 0.25) is 5.60 Å². The molecule has 0 bridgehead atoms. The summed E-state index contributed by atoms with van der Waals surface area (Å²) in [5, 5.41) is 0.735. The summed E-state index contributed by atoms with van der Waals surface area (Å²) in [5.74, 6) is 0.304. The first-order chi connectivity index (χ1) is 12.1. The van der Waals surface area contributed by atoms with Gasteiger partial charge in [0.15, 0.2) is 0 Å². The Morgan fingerprint density at radius 1 is 0.923 bits per heavy atom. The molecule has 0 heterocycles. The summed E-state index contributed by atoms with van der Waals surface area (Å²) >= 11 is 5.92. The normalized spacial score (nSPS) is 13.8. The van der Waals surface area contributed by atoms with E-state index in [0.717, 1.165) is 17.0 Å². The molecule has 2 rings (SSSR count). The Balaban J connectivity index is 2.06. The lowest BCUT2D eigenvalue weighted by Gasteiger charge is -2.31.